The van der Waals surface area contributed by atoms with Crippen LogP contribution in [0.1, 0.15) is 5.56 Å². The maximum absolute atomic E-state index is 12.3. The Balaban J connectivity index is 1.99. The van der Waals surface area contributed by atoms with E-state index in [1.807, 2.05) is 34.2 Å². The molecule has 0 saturated heterocycles. The van der Waals surface area contributed by atoms with Crippen LogP contribution in [0.15, 0.2) is 42.6 Å². The summed E-state index contributed by atoms with van der Waals surface area (Å²) in [6.07, 6.45) is 1.58. The molecular formula is C12H9ClN2OSe. The Hall–Kier alpha value is -1.22. The first-order valence-corrected chi connectivity index (χ1v) is 7.84. The SMILES string of the molecule is O=[Se]1c2ccccc2CN1c1ccc(Cl)cn1. The third kappa shape index (κ3) is 1.89. The van der Waals surface area contributed by atoms with E-state index in [2.05, 4.69) is 4.98 Å². The Kier molecular flexibility index (Phi) is 2.71. The number of benzene rings is 1. The summed E-state index contributed by atoms with van der Waals surface area (Å²) in [7, 11) is 0. The van der Waals surface area contributed by atoms with Gasteiger partial charge in [0.2, 0.25) is 0 Å². The molecule has 0 N–H and O–H groups in total. The minimum absolute atomic E-state index is 0.591. The van der Waals surface area contributed by atoms with Gasteiger partial charge in [-0.1, -0.05) is 0 Å². The van der Waals surface area contributed by atoms with Gasteiger partial charge in [0.25, 0.3) is 0 Å². The van der Waals surface area contributed by atoms with Crippen LogP contribution < -0.4 is 8.38 Å². The number of hydrogen-bond donors (Lipinski definition) is 0. The second-order valence-electron chi connectivity index (χ2n) is 3.73. The van der Waals surface area contributed by atoms with Crippen molar-refractivity contribution in [2.75, 3.05) is 3.92 Å². The van der Waals surface area contributed by atoms with Gasteiger partial charge in [-0.05, 0) is 0 Å². The molecule has 5 heteroatoms. The molecule has 1 atom stereocenters. The quantitative estimate of drug-likeness (QED) is 0.754. The van der Waals surface area contributed by atoms with Crippen LogP contribution in [0.4, 0.5) is 5.82 Å². The van der Waals surface area contributed by atoms with E-state index in [4.69, 9.17) is 11.6 Å². The summed E-state index contributed by atoms with van der Waals surface area (Å²) in [6, 6.07) is 11.4. The molecule has 0 bridgehead atoms. The van der Waals surface area contributed by atoms with Crippen LogP contribution in [-0.4, -0.2) is 19.0 Å². The number of hydrogen-bond acceptors (Lipinski definition) is 2. The Bertz CT molecular complexity index is 585. The topological polar surface area (TPSA) is 33.2 Å². The van der Waals surface area contributed by atoms with Crippen molar-refractivity contribution in [3.05, 3.63) is 53.2 Å². The molecule has 3 rings (SSSR count). The average molecular weight is 312 g/mol. The van der Waals surface area contributed by atoms with Crippen molar-refractivity contribution in [3.63, 3.8) is 0 Å². The summed E-state index contributed by atoms with van der Waals surface area (Å²) in [5.41, 5.74) is 1.13. The van der Waals surface area contributed by atoms with Crippen LogP contribution in [0.2, 0.25) is 5.02 Å². The molecule has 1 aliphatic rings. The fourth-order valence-corrected chi connectivity index (χ4v) is 4.71. The van der Waals surface area contributed by atoms with Crippen LogP contribution >= 0.6 is 11.6 Å². The molecular weight excluding hydrogens is 303 g/mol. The number of fused-ring (bicyclic) bond motifs is 1. The monoisotopic (exact) mass is 312 g/mol. The van der Waals surface area contributed by atoms with E-state index in [0.29, 0.717) is 11.6 Å². The van der Waals surface area contributed by atoms with Crippen molar-refractivity contribution in [3.8, 4) is 0 Å². The van der Waals surface area contributed by atoms with Crippen LogP contribution in [0, 0.1) is 0 Å². The molecule has 3 nitrogen and oxygen atoms in total. The second-order valence-corrected chi connectivity index (χ2v) is 7.06. The summed E-state index contributed by atoms with van der Waals surface area (Å²) >= 11 is 3.61. The summed E-state index contributed by atoms with van der Waals surface area (Å²) in [6.45, 7) is 0.666. The normalized spacial score (nSPS) is 18.2. The molecule has 1 unspecified atom stereocenters. The average Bonchev–Trinajstić information content (AvgIpc) is 2.69. The van der Waals surface area contributed by atoms with Gasteiger partial charge in [0, 0.05) is 0 Å². The molecule has 0 radical (unpaired) electrons. The maximum atomic E-state index is 12.3. The molecule has 0 saturated carbocycles. The van der Waals surface area contributed by atoms with E-state index < -0.39 is 14.1 Å². The van der Waals surface area contributed by atoms with E-state index in [1.165, 1.54) is 0 Å². The molecule has 0 amide bonds. The Morgan fingerprint density at radius 1 is 1.24 bits per heavy atom. The first-order valence-electron chi connectivity index (χ1n) is 5.14. The van der Waals surface area contributed by atoms with Crippen LogP contribution in [0.25, 0.3) is 0 Å². The third-order valence-electron chi connectivity index (χ3n) is 2.64. The van der Waals surface area contributed by atoms with Gasteiger partial charge >= 0.3 is 108 Å². The van der Waals surface area contributed by atoms with Gasteiger partial charge in [0.15, 0.2) is 0 Å². The predicted molar refractivity (Wildman–Crippen MR) is 67.9 cm³/mol. The van der Waals surface area contributed by atoms with Crippen molar-refractivity contribution in [2.24, 2.45) is 0 Å². The van der Waals surface area contributed by atoms with Gasteiger partial charge in [-0.3, -0.25) is 0 Å². The molecule has 1 aromatic carbocycles. The van der Waals surface area contributed by atoms with Crippen LogP contribution in [0.3, 0.4) is 0 Å². The van der Waals surface area contributed by atoms with Gasteiger partial charge in [0.05, 0.1) is 0 Å². The first-order chi connectivity index (χ1) is 8.25. The Labute approximate surface area is 108 Å². The molecule has 86 valence electrons. The van der Waals surface area contributed by atoms with Crippen LogP contribution in [-0.2, 0) is 10.4 Å². The van der Waals surface area contributed by atoms with Crippen molar-refractivity contribution in [1.29, 1.82) is 0 Å². The van der Waals surface area contributed by atoms with Gasteiger partial charge in [-0.2, -0.15) is 0 Å². The molecule has 17 heavy (non-hydrogen) atoms. The van der Waals surface area contributed by atoms with E-state index in [9.17, 15) is 3.83 Å². The molecule has 0 aliphatic carbocycles. The van der Waals surface area contributed by atoms with E-state index in [-0.39, 0.29) is 0 Å². The molecule has 1 aliphatic heterocycles. The Morgan fingerprint density at radius 3 is 2.76 bits per heavy atom. The predicted octanol–water partition coefficient (Wildman–Crippen LogP) is 1.88. The van der Waals surface area contributed by atoms with Crippen LogP contribution in [0.5, 0.6) is 0 Å². The van der Waals surface area contributed by atoms with E-state index >= 15 is 0 Å². The van der Waals surface area contributed by atoms with Gasteiger partial charge in [-0.15, -0.1) is 0 Å². The van der Waals surface area contributed by atoms with Crippen molar-refractivity contribution in [2.45, 2.75) is 6.54 Å². The van der Waals surface area contributed by atoms with Gasteiger partial charge < -0.3 is 0 Å². The fraction of sp³-hybridized carbons (Fsp3) is 0.0833. The molecule has 1 aromatic heterocycles. The van der Waals surface area contributed by atoms with E-state index in [0.717, 1.165) is 15.8 Å². The number of anilines is 1. The molecule has 2 aromatic rings. The second kappa shape index (κ2) is 4.22. The molecule has 2 heterocycles. The number of halogens is 1. The minimum atomic E-state index is -2.18. The zero-order valence-corrected chi connectivity index (χ0v) is 11.3. The zero-order valence-electron chi connectivity index (χ0n) is 8.84. The van der Waals surface area contributed by atoms with Crippen molar-refractivity contribution >= 4 is 35.9 Å². The number of rotatable bonds is 1. The first kappa shape index (κ1) is 10.9. The number of nitrogens with zero attached hydrogens (tertiary/aromatic N) is 2. The Morgan fingerprint density at radius 2 is 2.06 bits per heavy atom. The van der Waals surface area contributed by atoms with Gasteiger partial charge in [0.1, 0.15) is 0 Å². The summed E-state index contributed by atoms with van der Waals surface area (Å²) < 4.78 is 15.2. The third-order valence-corrected chi connectivity index (χ3v) is 5.99. The molecule has 0 fully saturated rings. The standard InChI is InChI=1S/C12H9ClN2OSe/c13-10-5-6-12(14-7-10)15-8-9-3-1-2-4-11(9)17(15)16/h1-7H,8H2. The van der Waals surface area contributed by atoms with Crippen molar-refractivity contribution in [1.82, 2.24) is 4.98 Å². The zero-order chi connectivity index (χ0) is 11.8. The number of aromatic nitrogens is 1. The summed E-state index contributed by atoms with van der Waals surface area (Å²) in [5, 5.41) is 0.591. The molecule has 0 spiro atoms. The summed E-state index contributed by atoms with van der Waals surface area (Å²) in [5.74, 6) is 0.727. The fourth-order valence-electron chi connectivity index (χ4n) is 1.82. The van der Waals surface area contributed by atoms with Gasteiger partial charge in [-0.25, -0.2) is 0 Å². The summed E-state index contributed by atoms with van der Waals surface area (Å²) in [4.78, 5) is 4.22. The number of pyridine rings is 1. The van der Waals surface area contributed by atoms with Crippen molar-refractivity contribution < 1.29 is 3.83 Å². The van der Waals surface area contributed by atoms with E-state index in [1.54, 1.807) is 12.3 Å².